The molecule has 0 aliphatic carbocycles. The van der Waals surface area contributed by atoms with Gasteiger partial charge in [-0.15, -0.1) is 0 Å². The molecule has 0 atom stereocenters. The first kappa shape index (κ1) is 13.7. The molecule has 1 heterocycles. The molecule has 3 N–H and O–H groups in total. The number of aryl methyl sites for hydroxylation is 1. The van der Waals surface area contributed by atoms with E-state index in [4.69, 9.17) is 5.73 Å². The van der Waals surface area contributed by atoms with E-state index in [2.05, 4.69) is 4.72 Å². The van der Waals surface area contributed by atoms with Gasteiger partial charge in [0.15, 0.2) is 0 Å². The van der Waals surface area contributed by atoms with Crippen molar-refractivity contribution >= 4 is 27.5 Å². The maximum Gasteiger partial charge on any atom is 0.240 e. The second-order valence-electron chi connectivity index (χ2n) is 4.53. The van der Waals surface area contributed by atoms with Gasteiger partial charge in [-0.05, 0) is 55.0 Å². The molecule has 18 heavy (non-hydrogen) atoms. The summed E-state index contributed by atoms with van der Waals surface area (Å²) in [6.45, 7) is 1.81. The SMILES string of the molecule is Cc1cc(S(=O)(=O)NC2CCSCC2)ccc1N. The summed E-state index contributed by atoms with van der Waals surface area (Å²) in [5.41, 5.74) is 7.10. The molecule has 100 valence electrons. The molecule has 0 bridgehead atoms. The Morgan fingerprint density at radius 3 is 2.61 bits per heavy atom. The number of hydrogen-bond acceptors (Lipinski definition) is 4. The molecule has 1 fully saturated rings. The van der Waals surface area contributed by atoms with Crippen LogP contribution in [0, 0.1) is 6.92 Å². The summed E-state index contributed by atoms with van der Waals surface area (Å²) < 4.78 is 27.2. The number of nitrogens with two attached hydrogens (primary N) is 1. The van der Waals surface area contributed by atoms with Crippen LogP contribution >= 0.6 is 11.8 Å². The third-order valence-corrected chi connectivity index (χ3v) is 5.66. The van der Waals surface area contributed by atoms with Crippen LogP contribution in [-0.4, -0.2) is 26.0 Å². The molecule has 0 amide bonds. The highest BCUT2D eigenvalue weighted by Crippen LogP contribution is 2.21. The third kappa shape index (κ3) is 3.18. The van der Waals surface area contributed by atoms with Gasteiger partial charge in [0.25, 0.3) is 0 Å². The van der Waals surface area contributed by atoms with Crippen molar-refractivity contribution in [1.29, 1.82) is 0 Å². The van der Waals surface area contributed by atoms with Crippen molar-refractivity contribution in [3.05, 3.63) is 23.8 Å². The number of benzene rings is 1. The van der Waals surface area contributed by atoms with Crippen molar-refractivity contribution in [3.8, 4) is 0 Å². The molecule has 6 heteroatoms. The Bertz CT molecular complexity index is 523. The molecule has 1 aromatic carbocycles. The van der Waals surface area contributed by atoms with Gasteiger partial charge in [0.2, 0.25) is 10.0 Å². The lowest BCUT2D eigenvalue weighted by Gasteiger charge is -2.22. The zero-order valence-electron chi connectivity index (χ0n) is 10.3. The molecule has 2 rings (SSSR count). The maximum atomic E-state index is 12.2. The highest BCUT2D eigenvalue weighted by atomic mass is 32.2. The quantitative estimate of drug-likeness (QED) is 0.830. The van der Waals surface area contributed by atoms with E-state index in [1.807, 2.05) is 18.7 Å². The number of rotatable bonds is 3. The zero-order chi connectivity index (χ0) is 13.2. The van der Waals surface area contributed by atoms with Gasteiger partial charge in [0.1, 0.15) is 0 Å². The normalized spacial score (nSPS) is 17.8. The van der Waals surface area contributed by atoms with Gasteiger partial charge >= 0.3 is 0 Å². The van der Waals surface area contributed by atoms with E-state index in [-0.39, 0.29) is 6.04 Å². The molecule has 0 aromatic heterocycles. The van der Waals surface area contributed by atoms with E-state index in [1.165, 1.54) is 0 Å². The summed E-state index contributed by atoms with van der Waals surface area (Å²) in [4.78, 5) is 0.299. The predicted octanol–water partition coefficient (Wildman–Crippen LogP) is 1.75. The molecule has 1 aliphatic rings. The van der Waals surface area contributed by atoms with Crippen molar-refractivity contribution in [2.45, 2.75) is 30.7 Å². The van der Waals surface area contributed by atoms with Crippen LogP contribution in [0.4, 0.5) is 5.69 Å². The highest BCUT2D eigenvalue weighted by Gasteiger charge is 2.22. The molecular formula is C12H18N2O2S2. The van der Waals surface area contributed by atoms with Gasteiger partial charge in [-0.3, -0.25) is 0 Å². The van der Waals surface area contributed by atoms with Gasteiger partial charge < -0.3 is 5.73 Å². The number of sulfonamides is 1. The second kappa shape index (κ2) is 5.50. The summed E-state index contributed by atoms with van der Waals surface area (Å²) in [7, 11) is -3.41. The fraction of sp³-hybridized carbons (Fsp3) is 0.500. The molecule has 1 aromatic rings. The Labute approximate surface area is 112 Å². The minimum atomic E-state index is -3.41. The Morgan fingerprint density at radius 1 is 1.33 bits per heavy atom. The smallest absolute Gasteiger partial charge is 0.240 e. The van der Waals surface area contributed by atoms with E-state index in [0.29, 0.717) is 10.6 Å². The van der Waals surface area contributed by atoms with Crippen LogP contribution in [0.5, 0.6) is 0 Å². The van der Waals surface area contributed by atoms with Crippen molar-refractivity contribution in [2.75, 3.05) is 17.2 Å². The number of thioether (sulfide) groups is 1. The van der Waals surface area contributed by atoms with E-state index >= 15 is 0 Å². The predicted molar refractivity (Wildman–Crippen MR) is 76.3 cm³/mol. The summed E-state index contributed by atoms with van der Waals surface area (Å²) in [6.07, 6.45) is 1.80. The fourth-order valence-corrected chi connectivity index (χ4v) is 4.41. The average molecular weight is 286 g/mol. The minimum absolute atomic E-state index is 0.0640. The van der Waals surface area contributed by atoms with Crippen LogP contribution in [-0.2, 0) is 10.0 Å². The second-order valence-corrected chi connectivity index (χ2v) is 7.47. The number of anilines is 1. The first-order valence-electron chi connectivity index (χ1n) is 5.95. The third-order valence-electron chi connectivity index (χ3n) is 3.09. The molecule has 0 radical (unpaired) electrons. The van der Waals surface area contributed by atoms with Gasteiger partial charge in [-0.2, -0.15) is 11.8 Å². The van der Waals surface area contributed by atoms with E-state index in [0.717, 1.165) is 29.9 Å². The molecule has 1 aliphatic heterocycles. The van der Waals surface area contributed by atoms with Gasteiger partial charge in [-0.1, -0.05) is 0 Å². The molecule has 0 saturated carbocycles. The fourth-order valence-electron chi connectivity index (χ4n) is 1.92. The monoisotopic (exact) mass is 286 g/mol. The van der Waals surface area contributed by atoms with Crippen LogP contribution in [0.25, 0.3) is 0 Å². The molecule has 4 nitrogen and oxygen atoms in total. The molecule has 1 saturated heterocycles. The summed E-state index contributed by atoms with van der Waals surface area (Å²) in [5.74, 6) is 2.04. The van der Waals surface area contributed by atoms with Crippen molar-refractivity contribution in [3.63, 3.8) is 0 Å². The largest absolute Gasteiger partial charge is 0.399 e. The van der Waals surface area contributed by atoms with E-state index in [1.54, 1.807) is 18.2 Å². The first-order chi connectivity index (χ1) is 8.49. The molecule has 0 unspecified atom stereocenters. The van der Waals surface area contributed by atoms with Crippen LogP contribution in [0.1, 0.15) is 18.4 Å². The van der Waals surface area contributed by atoms with E-state index in [9.17, 15) is 8.42 Å². The lowest BCUT2D eigenvalue weighted by molar-refractivity contribution is 0.529. The van der Waals surface area contributed by atoms with Crippen LogP contribution in [0.15, 0.2) is 23.1 Å². The lowest BCUT2D eigenvalue weighted by Crippen LogP contribution is -2.37. The van der Waals surface area contributed by atoms with Crippen molar-refractivity contribution in [1.82, 2.24) is 4.72 Å². The topological polar surface area (TPSA) is 72.2 Å². The van der Waals surface area contributed by atoms with Gasteiger partial charge in [-0.25, -0.2) is 13.1 Å². The first-order valence-corrected chi connectivity index (χ1v) is 8.59. The number of nitrogen functional groups attached to an aromatic ring is 1. The van der Waals surface area contributed by atoms with Crippen molar-refractivity contribution in [2.24, 2.45) is 0 Å². The van der Waals surface area contributed by atoms with Crippen LogP contribution < -0.4 is 10.5 Å². The molecular weight excluding hydrogens is 268 g/mol. The van der Waals surface area contributed by atoms with Crippen LogP contribution in [0.3, 0.4) is 0 Å². The lowest BCUT2D eigenvalue weighted by atomic mass is 10.2. The van der Waals surface area contributed by atoms with Crippen LogP contribution in [0.2, 0.25) is 0 Å². The van der Waals surface area contributed by atoms with Crippen molar-refractivity contribution < 1.29 is 8.42 Å². The zero-order valence-corrected chi connectivity index (χ0v) is 12.0. The Kier molecular flexibility index (Phi) is 4.19. The standard InChI is InChI=1S/C12H18N2O2S2/c1-9-8-11(2-3-12(9)13)18(15,16)14-10-4-6-17-7-5-10/h2-3,8,10,14H,4-7,13H2,1H3. The van der Waals surface area contributed by atoms with Gasteiger partial charge in [0, 0.05) is 11.7 Å². The molecule has 0 spiro atoms. The number of hydrogen-bond donors (Lipinski definition) is 2. The summed E-state index contributed by atoms with van der Waals surface area (Å²) in [5, 5.41) is 0. The highest BCUT2D eigenvalue weighted by molar-refractivity contribution is 7.99. The van der Waals surface area contributed by atoms with Gasteiger partial charge in [0.05, 0.1) is 4.90 Å². The Hall–Kier alpha value is -0.720. The number of nitrogens with one attached hydrogen (secondary N) is 1. The summed E-state index contributed by atoms with van der Waals surface area (Å²) in [6, 6.07) is 4.88. The Balaban J connectivity index is 2.16. The van der Waals surface area contributed by atoms with E-state index < -0.39 is 10.0 Å². The average Bonchev–Trinajstić information content (AvgIpc) is 2.33. The Morgan fingerprint density at radius 2 is 2.00 bits per heavy atom. The summed E-state index contributed by atoms with van der Waals surface area (Å²) >= 11 is 1.87. The minimum Gasteiger partial charge on any atom is -0.399 e. The maximum absolute atomic E-state index is 12.2.